The summed E-state index contributed by atoms with van der Waals surface area (Å²) in [5, 5.41) is 48.8. The van der Waals surface area contributed by atoms with E-state index in [1.54, 1.807) is 0 Å². The van der Waals surface area contributed by atoms with Gasteiger partial charge in [-0.05, 0) is 12.1 Å². The molecule has 0 aliphatic carbocycles. The van der Waals surface area contributed by atoms with Crippen molar-refractivity contribution < 1.29 is 58.8 Å². The Balaban J connectivity index is 2.05. The van der Waals surface area contributed by atoms with E-state index in [0.29, 0.717) is 0 Å². The molecule has 2 amide bonds. The van der Waals surface area contributed by atoms with E-state index in [1.807, 2.05) is 0 Å². The summed E-state index contributed by atoms with van der Waals surface area (Å²) in [6, 6.07) is 3.71. The smallest absolute Gasteiger partial charge is 0.409 e. The molecule has 0 bridgehead atoms. The number of benzene rings is 1. The number of carbonyl (C=O) groups excluding carboxylic acids is 2. The van der Waals surface area contributed by atoms with Crippen molar-refractivity contribution >= 4 is 26.2 Å². The van der Waals surface area contributed by atoms with Crippen LogP contribution < -0.4 is 4.74 Å². The van der Waals surface area contributed by atoms with Gasteiger partial charge in [0.1, 0.15) is 36.4 Å². The molecule has 1 aliphatic rings. The number of carboxylic acid groups (broad SMARTS) is 1. The molecule has 0 saturated carbocycles. The summed E-state index contributed by atoms with van der Waals surface area (Å²) in [5.74, 6) is -2.00. The standard InChI is InChI=1S/C19H25BN2O12/c1-21(5-6-22(2)19(30)34-20)18(29)31-8-9-3-4-10(23)7-11(9)32-17-14(26)12(24)13(25)15(33-17)16(27)28/h3-4,7,12-15,17,23-26H,5-6,8H2,1-2H3,(H,27,28)/t12-,13-,14+,15-,17+/m0/s1. The first-order valence-corrected chi connectivity index (χ1v) is 9.87. The molecule has 5 N–H and O–H groups in total. The average Bonchev–Trinajstić information content (AvgIpc) is 2.80. The highest BCUT2D eigenvalue weighted by atomic mass is 16.7. The van der Waals surface area contributed by atoms with Gasteiger partial charge >= 0.3 is 26.2 Å². The minimum Gasteiger partial charge on any atom is -0.528 e. The number of phenols is 1. The highest BCUT2D eigenvalue weighted by Crippen LogP contribution is 2.30. The van der Waals surface area contributed by atoms with Crippen molar-refractivity contribution in [3.05, 3.63) is 23.8 Å². The number of carbonyl (C=O) groups is 3. The minimum absolute atomic E-state index is 0.0856. The third kappa shape index (κ3) is 6.63. The topological polar surface area (TPSA) is 196 Å². The zero-order valence-electron chi connectivity index (χ0n) is 18.3. The van der Waals surface area contributed by atoms with Crippen LogP contribution >= 0.6 is 0 Å². The maximum absolute atomic E-state index is 12.2. The molecule has 15 heteroatoms. The number of hydrogen-bond acceptors (Lipinski definition) is 11. The fourth-order valence-electron chi connectivity index (χ4n) is 2.87. The molecule has 5 atom stereocenters. The van der Waals surface area contributed by atoms with Gasteiger partial charge in [0.15, 0.2) is 6.10 Å². The summed E-state index contributed by atoms with van der Waals surface area (Å²) in [6.45, 7) is -0.177. The minimum atomic E-state index is -1.90. The van der Waals surface area contributed by atoms with Gasteiger partial charge in [0, 0.05) is 38.8 Å². The van der Waals surface area contributed by atoms with Crippen molar-refractivity contribution in [2.75, 3.05) is 27.2 Å². The molecular weight excluding hydrogens is 459 g/mol. The molecule has 1 aromatic carbocycles. The Labute approximate surface area is 195 Å². The molecule has 0 aromatic heterocycles. The molecule has 0 unspecified atom stereocenters. The molecule has 1 aliphatic heterocycles. The summed E-state index contributed by atoms with van der Waals surface area (Å²) in [6.07, 6.45) is -10.8. The second-order valence-electron chi connectivity index (χ2n) is 7.43. The van der Waals surface area contributed by atoms with Gasteiger partial charge in [-0.15, -0.1) is 0 Å². The normalized spacial score (nSPS) is 24.1. The SMILES string of the molecule is [B]OC(=O)N(C)CCN(C)C(=O)OCc1ccc(O)cc1O[C@@H]1O[C@H](C(=O)O)[C@@H](O)[C@H](O)[C@H]1O. The van der Waals surface area contributed by atoms with Crippen LogP contribution in [0.15, 0.2) is 18.2 Å². The summed E-state index contributed by atoms with van der Waals surface area (Å²) < 4.78 is 19.8. The van der Waals surface area contributed by atoms with Crippen molar-refractivity contribution in [1.82, 2.24) is 9.80 Å². The number of nitrogens with zero attached hydrogens (tertiary/aromatic N) is 2. The molecule has 1 fully saturated rings. The number of aliphatic hydroxyl groups excluding tert-OH is 3. The fraction of sp³-hybridized carbons (Fsp3) is 0.526. The lowest BCUT2D eigenvalue weighted by Crippen LogP contribution is -2.61. The van der Waals surface area contributed by atoms with E-state index in [2.05, 4.69) is 4.65 Å². The number of ether oxygens (including phenoxy) is 3. The van der Waals surface area contributed by atoms with Crippen molar-refractivity contribution in [2.24, 2.45) is 0 Å². The molecule has 1 aromatic rings. The summed E-state index contributed by atoms with van der Waals surface area (Å²) >= 11 is 0. The van der Waals surface area contributed by atoms with Crippen LogP contribution in [-0.2, 0) is 25.5 Å². The van der Waals surface area contributed by atoms with Crippen LogP contribution in [-0.4, -0.2) is 119 Å². The lowest BCUT2D eigenvalue weighted by Gasteiger charge is -2.38. The van der Waals surface area contributed by atoms with Gasteiger partial charge in [-0.2, -0.15) is 0 Å². The van der Waals surface area contributed by atoms with Gasteiger partial charge in [-0.25, -0.2) is 14.4 Å². The number of rotatable bonds is 8. The summed E-state index contributed by atoms with van der Waals surface area (Å²) in [5.41, 5.74) is 0.201. The van der Waals surface area contributed by atoms with Crippen LogP contribution in [0.1, 0.15) is 5.56 Å². The highest BCUT2D eigenvalue weighted by Gasteiger charge is 2.48. The van der Waals surface area contributed by atoms with Crippen LogP contribution in [0.4, 0.5) is 9.59 Å². The monoisotopic (exact) mass is 484 g/mol. The molecule has 0 spiro atoms. The molecule has 14 nitrogen and oxygen atoms in total. The Morgan fingerprint density at radius 3 is 2.24 bits per heavy atom. The number of phenolic OH excluding ortho intramolecular Hbond substituents is 1. The van der Waals surface area contributed by atoms with Gasteiger partial charge in [-0.3, -0.25) is 0 Å². The van der Waals surface area contributed by atoms with Gasteiger partial charge in [0.25, 0.3) is 0 Å². The van der Waals surface area contributed by atoms with Gasteiger partial charge < -0.3 is 54.2 Å². The Hall–Kier alpha value is -3.27. The molecule has 34 heavy (non-hydrogen) atoms. The molecule has 186 valence electrons. The van der Waals surface area contributed by atoms with E-state index >= 15 is 0 Å². The Morgan fingerprint density at radius 1 is 1.03 bits per heavy atom. The first-order valence-electron chi connectivity index (χ1n) is 9.87. The van der Waals surface area contributed by atoms with E-state index in [9.17, 15) is 34.8 Å². The predicted molar refractivity (Wildman–Crippen MR) is 111 cm³/mol. The van der Waals surface area contributed by atoms with E-state index < -0.39 is 48.9 Å². The van der Waals surface area contributed by atoms with Crippen LogP contribution in [0.25, 0.3) is 0 Å². The fourth-order valence-corrected chi connectivity index (χ4v) is 2.87. The largest absolute Gasteiger partial charge is 0.528 e. The van der Waals surface area contributed by atoms with Crippen LogP contribution in [0.5, 0.6) is 11.5 Å². The number of aliphatic carboxylic acids is 1. The van der Waals surface area contributed by atoms with Crippen LogP contribution in [0.2, 0.25) is 0 Å². The van der Waals surface area contributed by atoms with E-state index in [4.69, 9.17) is 27.4 Å². The Bertz CT molecular complexity index is 887. The molecular formula is C19H25BN2O12. The van der Waals surface area contributed by atoms with Crippen molar-refractivity contribution in [3.8, 4) is 11.5 Å². The molecule has 2 radical (unpaired) electrons. The van der Waals surface area contributed by atoms with Crippen molar-refractivity contribution in [3.63, 3.8) is 0 Å². The first kappa shape index (κ1) is 27.0. The molecule has 2 rings (SSSR count). The lowest BCUT2D eigenvalue weighted by atomic mass is 9.99. The zero-order valence-corrected chi connectivity index (χ0v) is 18.3. The lowest BCUT2D eigenvalue weighted by molar-refractivity contribution is -0.271. The maximum atomic E-state index is 12.2. The average molecular weight is 484 g/mol. The van der Waals surface area contributed by atoms with Gasteiger partial charge in [-0.1, -0.05) is 0 Å². The Morgan fingerprint density at radius 2 is 1.65 bits per heavy atom. The molecule has 1 heterocycles. The number of aromatic hydroxyl groups is 1. The first-order chi connectivity index (χ1) is 16.0. The van der Waals surface area contributed by atoms with Crippen LogP contribution in [0.3, 0.4) is 0 Å². The third-order valence-corrected chi connectivity index (χ3v) is 4.95. The van der Waals surface area contributed by atoms with Gasteiger partial charge in [0.05, 0.1) is 0 Å². The summed E-state index contributed by atoms with van der Waals surface area (Å²) in [7, 11) is 7.62. The number of likely N-dealkylation sites (N-methyl/N-ethyl adjacent to an activating group) is 2. The predicted octanol–water partition coefficient (Wildman–Crippen LogP) is -1.62. The van der Waals surface area contributed by atoms with Crippen LogP contribution in [0, 0.1) is 0 Å². The van der Waals surface area contributed by atoms with E-state index in [1.165, 1.54) is 31.1 Å². The maximum Gasteiger partial charge on any atom is 0.409 e. The molecule has 1 saturated heterocycles. The number of carboxylic acids is 1. The third-order valence-electron chi connectivity index (χ3n) is 4.95. The number of aliphatic hydroxyl groups is 3. The van der Waals surface area contributed by atoms with Crippen molar-refractivity contribution in [2.45, 2.75) is 37.3 Å². The Kier molecular flexibility index (Phi) is 9.32. The van der Waals surface area contributed by atoms with E-state index in [0.717, 1.165) is 11.0 Å². The second kappa shape index (κ2) is 11.7. The summed E-state index contributed by atoms with van der Waals surface area (Å²) in [4.78, 5) is 37.1. The second-order valence-corrected chi connectivity index (χ2v) is 7.43. The van der Waals surface area contributed by atoms with E-state index in [-0.39, 0.29) is 36.8 Å². The number of hydrogen-bond donors (Lipinski definition) is 5. The zero-order chi connectivity index (χ0) is 25.6. The quantitative estimate of drug-likeness (QED) is 0.265. The van der Waals surface area contributed by atoms with Crippen molar-refractivity contribution in [1.29, 1.82) is 0 Å². The number of amides is 2. The highest BCUT2D eigenvalue weighted by molar-refractivity contribution is 6.04. The van der Waals surface area contributed by atoms with Gasteiger partial charge in [0.2, 0.25) is 6.29 Å².